The van der Waals surface area contributed by atoms with E-state index in [1.807, 2.05) is 0 Å². The molecule has 0 unspecified atom stereocenters. The molecule has 0 bridgehead atoms. The summed E-state index contributed by atoms with van der Waals surface area (Å²) in [6.45, 7) is 2.83. The number of hydrogen-bond donors (Lipinski definition) is 1. The lowest BCUT2D eigenvalue weighted by molar-refractivity contribution is -0.149. The van der Waals surface area contributed by atoms with Crippen molar-refractivity contribution < 1.29 is 19.4 Å². The van der Waals surface area contributed by atoms with E-state index in [0.717, 1.165) is 12.8 Å². The minimum absolute atomic E-state index is 0.0561. The molecule has 0 radical (unpaired) electrons. The molecule has 0 aromatic carbocycles. The van der Waals surface area contributed by atoms with Crippen LogP contribution in [0.15, 0.2) is 0 Å². The van der Waals surface area contributed by atoms with E-state index in [-0.39, 0.29) is 25.8 Å². The van der Waals surface area contributed by atoms with Gasteiger partial charge in [0.2, 0.25) is 0 Å². The average molecular weight is 373 g/mol. The molecule has 0 aliphatic carbocycles. The first kappa shape index (κ1) is 25.4. The summed E-state index contributed by atoms with van der Waals surface area (Å²) < 4.78 is 9.97. The molecule has 1 N–H and O–H groups in total. The quantitative estimate of drug-likeness (QED) is 0.204. The summed E-state index contributed by atoms with van der Waals surface area (Å²) in [4.78, 5) is 11.2. The fourth-order valence-electron chi connectivity index (χ4n) is 3.10. The lowest BCUT2D eigenvalue weighted by atomic mass is 10.0. The van der Waals surface area contributed by atoms with Gasteiger partial charge in [0.05, 0.1) is 19.8 Å². The van der Waals surface area contributed by atoms with Crippen LogP contribution in [0.25, 0.3) is 0 Å². The molecular weight excluding hydrogens is 328 g/mol. The van der Waals surface area contributed by atoms with Crippen LogP contribution in [0.5, 0.6) is 0 Å². The standard InChI is InChI=1S/C22H44O4/c1-2-3-4-5-6-7-8-9-10-11-12-13-14-15-16-17-19-26-22(24)21-25-20-18-23/h23H,2-21H2,1H3. The van der Waals surface area contributed by atoms with E-state index < -0.39 is 0 Å². The first-order valence-electron chi connectivity index (χ1n) is 11.2. The number of aliphatic hydroxyl groups is 1. The van der Waals surface area contributed by atoms with Gasteiger partial charge in [-0.1, -0.05) is 103 Å². The van der Waals surface area contributed by atoms with E-state index in [0.29, 0.717) is 6.61 Å². The zero-order valence-electron chi connectivity index (χ0n) is 17.3. The van der Waals surface area contributed by atoms with Crippen molar-refractivity contribution >= 4 is 5.97 Å². The Balaban J connectivity index is 3.06. The molecule has 0 amide bonds. The number of carbonyl (C=O) groups is 1. The molecule has 156 valence electrons. The maximum absolute atomic E-state index is 11.2. The number of rotatable bonds is 21. The first-order valence-corrected chi connectivity index (χ1v) is 11.2. The number of unbranched alkanes of at least 4 members (excludes halogenated alkanes) is 15. The molecule has 0 fully saturated rings. The van der Waals surface area contributed by atoms with Crippen LogP contribution in [0, 0.1) is 0 Å². The van der Waals surface area contributed by atoms with Crippen molar-refractivity contribution in [3.63, 3.8) is 0 Å². The third-order valence-corrected chi connectivity index (χ3v) is 4.72. The van der Waals surface area contributed by atoms with Crippen LogP contribution in [0.3, 0.4) is 0 Å². The SMILES string of the molecule is CCCCCCCCCCCCCCCCCCOC(=O)COCCO. The van der Waals surface area contributed by atoms with Gasteiger partial charge in [-0.15, -0.1) is 0 Å². The highest BCUT2D eigenvalue weighted by Crippen LogP contribution is 2.13. The summed E-state index contributed by atoms with van der Waals surface area (Å²) in [5.74, 6) is -0.334. The molecule has 0 spiro atoms. The Morgan fingerprint density at radius 3 is 1.50 bits per heavy atom. The molecule has 0 aromatic rings. The van der Waals surface area contributed by atoms with Crippen LogP contribution < -0.4 is 0 Å². The molecule has 0 rings (SSSR count). The third kappa shape index (κ3) is 21.4. The summed E-state index contributed by atoms with van der Waals surface area (Å²) in [5.41, 5.74) is 0. The average Bonchev–Trinajstić information content (AvgIpc) is 2.64. The van der Waals surface area contributed by atoms with Crippen molar-refractivity contribution in [3.05, 3.63) is 0 Å². The summed E-state index contributed by atoms with van der Waals surface area (Å²) in [6.07, 6.45) is 21.4. The highest BCUT2D eigenvalue weighted by atomic mass is 16.6. The maximum Gasteiger partial charge on any atom is 0.332 e. The van der Waals surface area contributed by atoms with Gasteiger partial charge in [0.15, 0.2) is 0 Å². The molecule has 0 saturated carbocycles. The largest absolute Gasteiger partial charge is 0.464 e. The molecular formula is C22H44O4. The van der Waals surface area contributed by atoms with Crippen molar-refractivity contribution in [2.75, 3.05) is 26.4 Å². The Hall–Kier alpha value is -0.610. The van der Waals surface area contributed by atoms with Crippen molar-refractivity contribution in [1.29, 1.82) is 0 Å². The van der Waals surface area contributed by atoms with Crippen molar-refractivity contribution in [2.45, 2.75) is 110 Å². The summed E-state index contributed by atoms with van der Waals surface area (Å²) in [7, 11) is 0. The zero-order valence-corrected chi connectivity index (χ0v) is 17.3. The summed E-state index contributed by atoms with van der Waals surface area (Å²) >= 11 is 0. The van der Waals surface area contributed by atoms with Gasteiger partial charge in [-0.3, -0.25) is 0 Å². The van der Waals surface area contributed by atoms with Crippen LogP contribution in [0.2, 0.25) is 0 Å². The zero-order chi connectivity index (χ0) is 19.1. The second kappa shape index (κ2) is 22.4. The molecule has 0 aliphatic rings. The predicted octanol–water partition coefficient (Wildman–Crippen LogP) is 5.80. The summed E-state index contributed by atoms with van der Waals surface area (Å²) in [5, 5.41) is 8.53. The normalized spacial score (nSPS) is 11.0. The minimum atomic E-state index is -0.334. The van der Waals surface area contributed by atoms with Gasteiger partial charge in [-0.05, 0) is 6.42 Å². The monoisotopic (exact) mass is 372 g/mol. The van der Waals surface area contributed by atoms with Gasteiger partial charge < -0.3 is 14.6 Å². The Morgan fingerprint density at radius 2 is 1.08 bits per heavy atom. The van der Waals surface area contributed by atoms with Crippen LogP contribution in [-0.2, 0) is 14.3 Å². The van der Waals surface area contributed by atoms with Gasteiger partial charge in [0.1, 0.15) is 6.61 Å². The van der Waals surface area contributed by atoms with Crippen LogP contribution in [-0.4, -0.2) is 37.5 Å². The lowest BCUT2D eigenvalue weighted by Crippen LogP contribution is -2.14. The van der Waals surface area contributed by atoms with Gasteiger partial charge in [0.25, 0.3) is 0 Å². The van der Waals surface area contributed by atoms with E-state index in [1.54, 1.807) is 0 Å². The van der Waals surface area contributed by atoms with Gasteiger partial charge in [-0.25, -0.2) is 4.79 Å². The fourth-order valence-corrected chi connectivity index (χ4v) is 3.10. The van der Waals surface area contributed by atoms with Crippen LogP contribution in [0.1, 0.15) is 110 Å². The van der Waals surface area contributed by atoms with Gasteiger partial charge in [0, 0.05) is 0 Å². The molecule has 4 nitrogen and oxygen atoms in total. The number of ether oxygens (including phenoxy) is 2. The van der Waals surface area contributed by atoms with Gasteiger partial charge >= 0.3 is 5.97 Å². The molecule has 0 aromatic heterocycles. The second-order valence-corrected chi connectivity index (χ2v) is 7.30. The van der Waals surface area contributed by atoms with Crippen molar-refractivity contribution in [2.24, 2.45) is 0 Å². The molecule has 0 heterocycles. The Morgan fingerprint density at radius 1 is 0.654 bits per heavy atom. The van der Waals surface area contributed by atoms with Gasteiger partial charge in [-0.2, -0.15) is 0 Å². The van der Waals surface area contributed by atoms with Crippen molar-refractivity contribution in [3.8, 4) is 0 Å². The number of aliphatic hydroxyl groups excluding tert-OH is 1. The van der Waals surface area contributed by atoms with E-state index in [2.05, 4.69) is 6.92 Å². The number of hydrogen-bond acceptors (Lipinski definition) is 4. The number of carbonyl (C=O) groups excluding carboxylic acids is 1. The molecule has 0 saturated heterocycles. The third-order valence-electron chi connectivity index (χ3n) is 4.72. The highest BCUT2D eigenvalue weighted by Gasteiger charge is 2.02. The topological polar surface area (TPSA) is 55.8 Å². The number of esters is 1. The molecule has 26 heavy (non-hydrogen) atoms. The lowest BCUT2D eigenvalue weighted by Gasteiger charge is -2.05. The van der Waals surface area contributed by atoms with E-state index in [1.165, 1.54) is 89.9 Å². The Bertz CT molecular complexity index is 281. The van der Waals surface area contributed by atoms with E-state index in [4.69, 9.17) is 14.6 Å². The minimum Gasteiger partial charge on any atom is -0.464 e. The Kier molecular flexibility index (Phi) is 21.9. The predicted molar refractivity (Wildman–Crippen MR) is 108 cm³/mol. The van der Waals surface area contributed by atoms with E-state index in [9.17, 15) is 4.79 Å². The maximum atomic E-state index is 11.2. The fraction of sp³-hybridized carbons (Fsp3) is 0.955. The van der Waals surface area contributed by atoms with Crippen LogP contribution >= 0.6 is 0 Å². The van der Waals surface area contributed by atoms with Crippen molar-refractivity contribution in [1.82, 2.24) is 0 Å². The second-order valence-electron chi connectivity index (χ2n) is 7.30. The van der Waals surface area contributed by atoms with Crippen LogP contribution in [0.4, 0.5) is 0 Å². The molecule has 0 aliphatic heterocycles. The summed E-state index contributed by atoms with van der Waals surface area (Å²) in [6, 6.07) is 0. The highest BCUT2D eigenvalue weighted by molar-refractivity contribution is 5.70. The molecule has 4 heteroatoms. The Labute approximate surface area is 162 Å². The first-order chi connectivity index (χ1) is 12.8. The van der Waals surface area contributed by atoms with E-state index >= 15 is 0 Å². The smallest absolute Gasteiger partial charge is 0.332 e. The molecule has 0 atom stereocenters.